The highest BCUT2D eigenvalue weighted by atomic mass is 32.2. The predicted molar refractivity (Wildman–Crippen MR) is 78.8 cm³/mol. The van der Waals surface area contributed by atoms with E-state index >= 15 is 0 Å². The van der Waals surface area contributed by atoms with Crippen LogP contribution in [0.25, 0.3) is 0 Å². The third-order valence-electron chi connectivity index (χ3n) is 2.29. The minimum atomic E-state index is -3.50. The summed E-state index contributed by atoms with van der Waals surface area (Å²) in [4.78, 5) is 11.9. The average molecular weight is 308 g/mol. The fourth-order valence-electron chi connectivity index (χ4n) is 1.89. The largest absolute Gasteiger partial charge is 0.460 e. The van der Waals surface area contributed by atoms with Gasteiger partial charge in [0.15, 0.2) is 0 Å². The van der Waals surface area contributed by atoms with Crippen molar-refractivity contribution in [1.82, 2.24) is 0 Å². The van der Waals surface area contributed by atoms with Crippen molar-refractivity contribution in [2.24, 2.45) is 11.3 Å². The van der Waals surface area contributed by atoms with Crippen LogP contribution in [0.5, 0.6) is 0 Å². The van der Waals surface area contributed by atoms with Crippen molar-refractivity contribution in [2.75, 3.05) is 12.9 Å². The van der Waals surface area contributed by atoms with Crippen molar-refractivity contribution in [1.29, 1.82) is 0 Å². The molecule has 0 saturated heterocycles. The molecule has 5 nitrogen and oxygen atoms in total. The number of carbonyl (C=O) groups excluding carboxylic acids is 1. The molecular weight excluding hydrogens is 280 g/mol. The predicted octanol–water partition coefficient (Wildman–Crippen LogP) is 2.75. The summed E-state index contributed by atoms with van der Waals surface area (Å²) < 4.78 is 32.3. The van der Waals surface area contributed by atoms with E-state index in [1.54, 1.807) is 20.8 Å². The highest BCUT2D eigenvalue weighted by Gasteiger charge is 2.25. The molecule has 1 atom stereocenters. The van der Waals surface area contributed by atoms with Crippen molar-refractivity contribution in [3.8, 4) is 0 Å². The van der Waals surface area contributed by atoms with Crippen LogP contribution in [-0.2, 0) is 23.8 Å². The molecule has 0 heterocycles. The Balaban J connectivity index is 4.65. The molecule has 120 valence electrons. The van der Waals surface area contributed by atoms with Gasteiger partial charge in [-0.05, 0) is 38.5 Å². The number of rotatable bonds is 6. The van der Waals surface area contributed by atoms with Gasteiger partial charge in [-0.25, -0.2) is 0 Å². The summed E-state index contributed by atoms with van der Waals surface area (Å²) in [5.41, 5.74) is -0.561. The molecule has 0 rings (SSSR count). The van der Waals surface area contributed by atoms with E-state index in [0.29, 0.717) is 6.42 Å². The third-order valence-corrected chi connectivity index (χ3v) is 2.86. The van der Waals surface area contributed by atoms with Crippen molar-refractivity contribution in [3.63, 3.8) is 0 Å². The van der Waals surface area contributed by atoms with Gasteiger partial charge in [-0.2, -0.15) is 8.42 Å². The van der Waals surface area contributed by atoms with E-state index in [9.17, 15) is 13.2 Å². The summed E-state index contributed by atoms with van der Waals surface area (Å²) >= 11 is 0. The standard InChI is InChI=1S/C14H28O5S/c1-13(2,3)9-11(10-18-20(7,16)17)8-12(15)19-14(4,5)6/h11H,8-10H2,1-7H3/t11-/m0/s1. The molecule has 0 radical (unpaired) electrons. The molecule has 0 aliphatic carbocycles. The Morgan fingerprint density at radius 3 is 1.95 bits per heavy atom. The molecule has 6 heteroatoms. The first-order valence-corrected chi connectivity index (χ1v) is 8.56. The maximum atomic E-state index is 11.9. The van der Waals surface area contributed by atoms with Crippen LogP contribution in [0, 0.1) is 11.3 Å². The lowest BCUT2D eigenvalue weighted by molar-refractivity contribution is -0.156. The molecule has 0 aromatic carbocycles. The number of hydrogen-bond donors (Lipinski definition) is 0. The van der Waals surface area contributed by atoms with Gasteiger partial charge in [-0.15, -0.1) is 0 Å². The summed E-state index contributed by atoms with van der Waals surface area (Å²) in [6.07, 6.45) is 1.85. The van der Waals surface area contributed by atoms with Crippen molar-refractivity contribution < 1.29 is 22.1 Å². The molecule has 0 fully saturated rings. The van der Waals surface area contributed by atoms with E-state index in [-0.39, 0.29) is 30.3 Å². The van der Waals surface area contributed by atoms with Gasteiger partial charge in [-0.1, -0.05) is 20.8 Å². The smallest absolute Gasteiger partial charge is 0.306 e. The second kappa shape index (κ2) is 6.89. The molecule has 0 aliphatic rings. The average Bonchev–Trinajstić information content (AvgIpc) is 2.06. The second-order valence-electron chi connectivity index (χ2n) is 7.41. The summed E-state index contributed by atoms with van der Waals surface area (Å²) in [6, 6.07) is 0. The molecule has 0 aromatic rings. The Morgan fingerprint density at radius 1 is 1.10 bits per heavy atom. The van der Waals surface area contributed by atoms with Crippen molar-refractivity contribution in [2.45, 2.75) is 60.0 Å². The first-order chi connectivity index (χ1) is 8.68. The second-order valence-corrected chi connectivity index (χ2v) is 9.05. The highest BCUT2D eigenvalue weighted by Crippen LogP contribution is 2.27. The molecule has 0 saturated carbocycles. The third kappa shape index (κ3) is 12.4. The molecule has 0 aromatic heterocycles. The zero-order valence-electron chi connectivity index (χ0n) is 13.6. The summed E-state index contributed by atoms with van der Waals surface area (Å²) in [5, 5.41) is 0. The highest BCUT2D eigenvalue weighted by molar-refractivity contribution is 7.85. The molecule has 0 aliphatic heterocycles. The minimum Gasteiger partial charge on any atom is -0.460 e. The van der Waals surface area contributed by atoms with Crippen molar-refractivity contribution >= 4 is 16.1 Å². The van der Waals surface area contributed by atoms with Gasteiger partial charge in [-0.3, -0.25) is 8.98 Å². The van der Waals surface area contributed by atoms with Gasteiger partial charge >= 0.3 is 5.97 Å². The summed E-state index contributed by atoms with van der Waals surface area (Å²) in [7, 11) is -3.50. The van der Waals surface area contributed by atoms with Crippen molar-refractivity contribution in [3.05, 3.63) is 0 Å². The van der Waals surface area contributed by atoms with E-state index in [1.807, 2.05) is 20.8 Å². The first-order valence-electron chi connectivity index (χ1n) is 6.74. The van der Waals surface area contributed by atoms with E-state index in [2.05, 4.69) is 0 Å². The first kappa shape index (κ1) is 19.4. The van der Waals surface area contributed by atoms with Gasteiger partial charge < -0.3 is 4.74 Å². The fraction of sp³-hybridized carbons (Fsp3) is 0.929. The van der Waals surface area contributed by atoms with Crippen LogP contribution in [-0.4, -0.2) is 32.9 Å². The van der Waals surface area contributed by atoms with E-state index in [0.717, 1.165) is 6.26 Å². The number of esters is 1. The number of ether oxygens (including phenoxy) is 1. The van der Waals surface area contributed by atoms with Gasteiger partial charge in [0.1, 0.15) is 5.60 Å². The van der Waals surface area contributed by atoms with Crippen LogP contribution in [0.15, 0.2) is 0 Å². The fourth-order valence-corrected chi connectivity index (χ4v) is 2.33. The van der Waals surface area contributed by atoms with Gasteiger partial charge in [0, 0.05) is 0 Å². The Morgan fingerprint density at radius 2 is 1.60 bits per heavy atom. The lowest BCUT2D eigenvalue weighted by Gasteiger charge is -2.26. The van der Waals surface area contributed by atoms with Crippen LogP contribution in [0.1, 0.15) is 54.4 Å². The number of carbonyl (C=O) groups is 1. The molecule has 20 heavy (non-hydrogen) atoms. The molecule has 0 spiro atoms. The van der Waals surface area contributed by atoms with Crippen LogP contribution >= 0.6 is 0 Å². The Bertz CT molecular complexity index is 412. The van der Waals surface area contributed by atoms with Crippen LogP contribution in [0.2, 0.25) is 0 Å². The lowest BCUT2D eigenvalue weighted by Crippen LogP contribution is -2.28. The molecular formula is C14H28O5S. The van der Waals surface area contributed by atoms with Gasteiger partial charge in [0.25, 0.3) is 10.1 Å². The molecule has 0 unspecified atom stereocenters. The van der Waals surface area contributed by atoms with Crippen LogP contribution < -0.4 is 0 Å². The Labute approximate surface area is 123 Å². The zero-order chi connectivity index (χ0) is 16.2. The molecule has 0 amide bonds. The van der Waals surface area contributed by atoms with Gasteiger partial charge in [0.2, 0.25) is 0 Å². The zero-order valence-corrected chi connectivity index (χ0v) is 14.5. The Hall–Kier alpha value is -0.620. The molecule has 0 N–H and O–H groups in total. The maximum Gasteiger partial charge on any atom is 0.306 e. The normalized spacial score (nSPS) is 14.9. The van der Waals surface area contributed by atoms with Crippen LogP contribution in [0.3, 0.4) is 0 Å². The topological polar surface area (TPSA) is 69.7 Å². The van der Waals surface area contributed by atoms with Gasteiger partial charge in [0.05, 0.1) is 19.3 Å². The Kier molecular flexibility index (Phi) is 6.68. The van der Waals surface area contributed by atoms with E-state index in [1.165, 1.54) is 0 Å². The van der Waals surface area contributed by atoms with E-state index < -0.39 is 15.7 Å². The minimum absolute atomic E-state index is 0.00927. The number of hydrogen-bond acceptors (Lipinski definition) is 5. The SMILES string of the molecule is CC(C)(C)C[C@@H](COS(C)(=O)=O)CC(=O)OC(C)(C)C. The lowest BCUT2D eigenvalue weighted by atomic mass is 9.83. The maximum absolute atomic E-state index is 11.9. The van der Waals surface area contributed by atoms with E-state index in [4.69, 9.17) is 8.92 Å². The van der Waals surface area contributed by atoms with Crippen LogP contribution in [0.4, 0.5) is 0 Å². The summed E-state index contributed by atoms with van der Waals surface area (Å²) in [6.45, 7) is 11.5. The monoisotopic (exact) mass is 308 g/mol. The molecule has 0 bridgehead atoms. The summed E-state index contributed by atoms with van der Waals surface area (Å²) in [5.74, 6) is -0.511. The quantitative estimate of drug-likeness (QED) is 0.557.